The summed E-state index contributed by atoms with van der Waals surface area (Å²) in [5, 5.41) is 0.792. The van der Waals surface area contributed by atoms with Gasteiger partial charge in [-0.2, -0.15) is 0 Å². The number of nitrogens with one attached hydrogen (secondary N) is 1. The predicted molar refractivity (Wildman–Crippen MR) is 93.3 cm³/mol. The van der Waals surface area contributed by atoms with Crippen molar-refractivity contribution >= 4 is 17.5 Å². The Kier molecular flexibility index (Phi) is 4.68. The molecular formula is C17H21ClN4O. The van der Waals surface area contributed by atoms with Gasteiger partial charge >= 0.3 is 0 Å². The fourth-order valence-corrected chi connectivity index (χ4v) is 3.07. The zero-order valence-corrected chi connectivity index (χ0v) is 14.2. The lowest BCUT2D eigenvalue weighted by Gasteiger charge is -2.20. The molecule has 3 rings (SSSR count). The van der Waals surface area contributed by atoms with Gasteiger partial charge in [-0.25, -0.2) is 4.98 Å². The van der Waals surface area contributed by atoms with Crippen molar-refractivity contribution in [3.05, 3.63) is 56.5 Å². The van der Waals surface area contributed by atoms with Crippen LogP contribution in [0.1, 0.15) is 16.8 Å². The second-order valence-corrected chi connectivity index (χ2v) is 6.48. The Morgan fingerprint density at radius 2 is 2.00 bits per heavy atom. The first kappa shape index (κ1) is 16.0. The molecule has 0 atom stereocenters. The third-order valence-electron chi connectivity index (χ3n) is 4.21. The summed E-state index contributed by atoms with van der Waals surface area (Å²) in [7, 11) is 3.76. The number of aromatic amines is 1. The molecule has 1 aliphatic heterocycles. The monoisotopic (exact) mass is 332 g/mol. The number of hydrogen-bond acceptors (Lipinski definition) is 4. The predicted octanol–water partition coefficient (Wildman–Crippen LogP) is 2.09. The molecule has 2 heterocycles. The Balaban J connectivity index is 1.79. The Hall–Kier alpha value is -1.85. The zero-order chi connectivity index (χ0) is 16.4. The molecule has 2 aromatic rings. The van der Waals surface area contributed by atoms with E-state index in [1.54, 1.807) is 0 Å². The minimum atomic E-state index is -0.0155. The van der Waals surface area contributed by atoms with Gasteiger partial charge in [0.25, 0.3) is 5.56 Å². The maximum absolute atomic E-state index is 12.3. The third-order valence-corrected chi connectivity index (χ3v) is 4.58. The number of hydrogen-bond donors (Lipinski definition) is 1. The SMILES string of the molecule is CN(C)c1nc2c(c(=O)[nH]1)CCN(Cc1ccccc1Cl)CC2. The van der Waals surface area contributed by atoms with Gasteiger partial charge < -0.3 is 4.90 Å². The highest BCUT2D eigenvalue weighted by Gasteiger charge is 2.19. The van der Waals surface area contributed by atoms with Gasteiger partial charge in [0.1, 0.15) is 0 Å². The topological polar surface area (TPSA) is 52.2 Å². The molecule has 1 aliphatic rings. The maximum Gasteiger partial charge on any atom is 0.255 e. The van der Waals surface area contributed by atoms with E-state index in [1.807, 2.05) is 37.2 Å². The van der Waals surface area contributed by atoms with Crippen molar-refractivity contribution in [2.45, 2.75) is 19.4 Å². The van der Waals surface area contributed by atoms with E-state index in [0.29, 0.717) is 5.95 Å². The summed E-state index contributed by atoms with van der Waals surface area (Å²) in [6, 6.07) is 7.91. The highest BCUT2D eigenvalue weighted by atomic mass is 35.5. The first-order chi connectivity index (χ1) is 11.0. The van der Waals surface area contributed by atoms with Crippen molar-refractivity contribution < 1.29 is 0 Å². The van der Waals surface area contributed by atoms with Gasteiger partial charge in [0.2, 0.25) is 5.95 Å². The van der Waals surface area contributed by atoms with Crippen molar-refractivity contribution in [2.24, 2.45) is 0 Å². The summed E-state index contributed by atoms with van der Waals surface area (Å²) >= 11 is 6.25. The Morgan fingerprint density at radius 1 is 1.26 bits per heavy atom. The molecule has 1 aromatic heterocycles. The average Bonchev–Trinajstić information content (AvgIpc) is 2.72. The molecule has 0 saturated heterocycles. The van der Waals surface area contributed by atoms with Gasteiger partial charge in [-0.05, 0) is 18.1 Å². The van der Waals surface area contributed by atoms with Crippen molar-refractivity contribution in [1.82, 2.24) is 14.9 Å². The summed E-state index contributed by atoms with van der Waals surface area (Å²) in [4.78, 5) is 23.9. The zero-order valence-electron chi connectivity index (χ0n) is 13.5. The largest absolute Gasteiger partial charge is 0.348 e. The van der Waals surface area contributed by atoms with Crippen LogP contribution in [0.25, 0.3) is 0 Å². The third kappa shape index (κ3) is 3.57. The second-order valence-electron chi connectivity index (χ2n) is 6.08. The first-order valence-electron chi connectivity index (χ1n) is 7.80. The van der Waals surface area contributed by atoms with E-state index in [0.717, 1.165) is 54.3 Å². The number of aromatic nitrogens is 2. The van der Waals surface area contributed by atoms with E-state index in [1.165, 1.54) is 0 Å². The van der Waals surface area contributed by atoms with Crippen LogP contribution in [0, 0.1) is 0 Å². The molecule has 0 radical (unpaired) electrons. The molecule has 0 saturated carbocycles. The van der Waals surface area contributed by atoms with E-state index in [9.17, 15) is 4.79 Å². The Bertz CT molecular complexity index is 756. The highest BCUT2D eigenvalue weighted by molar-refractivity contribution is 6.31. The number of fused-ring (bicyclic) bond motifs is 1. The van der Waals surface area contributed by atoms with Gasteiger partial charge in [0.15, 0.2) is 0 Å². The molecule has 0 fully saturated rings. The summed E-state index contributed by atoms with van der Waals surface area (Å²) in [5.74, 6) is 0.619. The van der Waals surface area contributed by atoms with Gasteiger partial charge in [-0.1, -0.05) is 29.8 Å². The van der Waals surface area contributed by atoms with Crippen LogP contribution >= 0.6 is 11.6 Å². The number of H-pyrrole nitrogens is 1. The Labute approximate surface area is 140 Å². The van der Waals surface area contributed by atoms with E-state index < -0.39 is 0 Å². The molecule has 0 bridgehead atoms. The van der Waals surface area contributed by atoms with Gasteiger partial charge in [-0.3, -0.25) is 14.7 Å². The van der Waals surface area contributed by atoms with Crippen LogP contribution in [-0.2, 0) is 19.4 Å². The summed E-state index contributed by atoms with van der Waals surface area (Å²) in [5.41, 5.74) is 2.84. The molecule has 0 spiro atoms. The minimum Gasteiger partial charge on any atom is -0.348 e. The second kappa shape index (κ2) is 6.72. The molecule has 6 heteroatoms. The van der Waals surface area contributed by atoms with Crippen molar-refractivity contribution in [1.29, 1.82) is 0 Å². The van der Waals surface area contributed by atoms with Crippen LogP contribution in [0.15, 0.2) is 29.1 Å². The molecule has 0 unspecified atom stereocenters. The van der Waals surface area contributed by atoms with Gasteiger partial charge in [0, 0.05) is 50.7 Å². The molecule has 0 amide bonds. The van der Waals surface area contributed by atoms with Crippen LogP contribution in [0.2, 0.25) is 5.02 Å². The van der Waals surface area contributed by atoms with Crippen LogP contribution in [0.4, 0.5) is 5.95 Å². The molecule has 122 valence electrons. The van der Waals surface area contributed by atoms with Crippen molar-refractivity contribution in [3.63, 3.8) is 0 Å². The van der Waals surface area contributed by atoms with Crippen LogP contribution < -0.4 is 10.5 Å². The summed E-state index contributed by atoms with van der Waals surface area (Å²) < 4.78 is 0. The van der Waals surface area contributed by atoms with E-state index in [2.05, 4.69) is 20.9 Å². The quantitative estimate of drug-likeness (QED) is 0.935. The molecule has 1 N–H and O–H groups in total. The van der Waals surface area contributed by atoms with Crippen molar-refractivity contribution in [3.8, 4) is 0 Å². The normalized spacial score (nSPS) is 15.1. The van der Waals surface area contributed by atoms with Gasteiger partial charge in [-0.15, -0.1) is 0 Å². The number of benzene rings is 1. The van der Waals surface area contributed by atoms with Gasteiger partial charge in [0.05, 0.1) is 5.69 Å². The maximum atomic E-state index is 12.3. The van der Waals surface area contributed by atoms with E-state index in [4.69, 9.17) is 11.6 Å². The molecule has 0 aliphatic carbocycles. The highest BCUT2D eigenvalue weighted by Crippen LogP contribution is 2.19. The number of anilines is 1. The van der Waals surface area contributed by atoms with Crippen LogP contribution in [0.5, 0.6) is 0 Å². The number of nitrogens with zero attached hydrogens (tertiary/aromatic N) is 3. The van der Waals surface area contributed by atoms with Crippen molar-refractivity contribution in [2.75, 3.05) is 32.1 Å². The minimum absolute atomic E-state index is 0.0155. The lowest BCUT2D eigenvalue weighted by Crippen LogP contribution is -2.26. The Morgan fingerprint density at radius 3 is 2.74 bits per heavy atom. The number of rotatable bonds is 3. The molecule has 1 aromatic carbocycles. The molecule has 23 heavy (non-hydrogen) atoms. The fraction of sp³-hybridized carbons (Fsp3) is 0.412. The van der Waals surface area contributed by atoms with Crippen LogP contribution in [0.3, 0.4) is 0 Å². The number of halogens is 1. The molecule has 5 nitrogen and oxygen atoms in total. The lowest BCUT2D eigenvalue weighted by atomic mass is 10.1. The lowest BCUT2D eigenvalue weighted by molar-refractivity contribution is 0.279. The summed E-state index contributed by atoms with van der Waals surface area (Å²) in [6.45, 7) is 2.51. The molecular weight excluding hydrogens is 312 g/mol. The van der Waals surface area contributed by atoms with E-state index >= 15 is 0 Å². The summed E-state index contributed by atoms with van der Waals surface area (Å²) in [6.07, 6.45) is 1.50. The van der Waals surface area contributed by atoms with E-state index in [-0.39, 0.29) is 5.56 Å². The smallest absolute Gasteiger partial charge is 0.255 e. The average molecular weight is 333 g/mol. The first-order valence-corrected chi connectivity index (χ1v) is 8.17. The fourth-order valence-electron chi connectivity index (χ4n) is 2.88. The standard InChI is InChI=1S/C17H21ClN4O/c1-21(2)17-19-15-8-10-22(9-7-13(15)16(23)20-17)11-12-5-3-4-6-14(12)18/h3-6H,7-11H2,1-2H3,(H,19,20,23). The van der Waals surface area contributed by atoms with Crippen LogP contribution in [-0.4, -0.2) is 42.1 Å².